The van der Waals surface area contributed by atoms with Crippen molar-refractivity contribution in [2.75, 3.05) is 26.7 Å². The topological polar surface area (TPSA) is 117 Å². The molecule has 150 valence electrons. The van der Waals surface area contributed by atoms with Crippen molar-refractivity contribution in [2.45, 2.75) is 25.8 Å². The van der Waals surface area contributed by atoms with Crippen molar-refractivity contribution in [2.24, 2.45) is 5.92 Å². The first-order valence-corrected chi connectivity index (χ1v) is 9.15. The number of fused-ring (bicyclic) bond motifs is 1. The van der Waals surface area contributed by atoms with E-state index in [1.807, 2.05) is 0 Å². The minimum atomic E-state index is -0.903. The Labute approximate surface area is 161 Å². The molecular formula is C18H23N5O5. The molecule has 1 atom stereocenters. The lowest BCUT2D eigenvalue weighted by molar-refractivity contribution is -0.147. The van der Waals surface area contributed by atoms with E-state index in [-0.39, 0.29) is 43.6 Å². The number of carbonyl (C=O) groups is 3. The number of nitrogens with zero attached hydrogens (tertiary/aromatic N) is 5. The van der Waals surface area contributed by atoms with E-state index in [9.17, 15) is 19.2 Å². The van der Waals surface area contributed by atoms with Crippen molar-refractivity contribution in [3.05, 3.63) is 34.9 Å². The van der Waals surface area contributed by atoms with Crippen LogP contribution in [0, 0.1) is 5.92 Å². The molecule has 0 saturated carbocycles. The molecule has 10 heteroatoms. The molecule has 1 N–H and O–H groups in total. The van der Waals surface area contributed by atoms with E-state index in [0.29, 0.717) is 25.0 Å². The maximum atomic E-state index is 12.4. The predicted octanol–water partition coefficient (Wildman–Crippen LogP) is -0.332. The number of carboxylic acids is 1. The van der Waals surface area contributed by atoms with Gasteiger partial charge in [-0.3, -0.25) is 18.8 Å². The summed E-state index contributed by atoms with van der Waals surface area (Å²) < 4.78 is 2.62. The number of likely N-dealkylation sites (tertiary alicyclic amines) is 1. The molecule has 10 nitrogen and oxygen atoms in total. The smallest absolute Gasteiger partial charge is 0.350 e. The average molecular weight is 389 g/mol. The van der Waals surface area contributed by atoms with Crippen LogP contribution < -0.4 is 5.69 Å². The van der Waals surface area contributed by atoms with Crippen molar-refractivity contribution in [3.63, 3.8) is 0 Å². The first kappa shape index (κ1) is 19.6. The third-order valence-corrected chi connectivity index (χ3v) is 4.95. The average Bonchev–Trinajstić information content (AvgIpc) is 3.02. The Morgan fingerprint density at radius 1 is 1.32 bits per heavy atom. The second-order valence-corrected chi connectivity index (χ2v) is 6.95. The molecule has 1 saturated heterocycles. The second kappa shape index (κ2) is 8.24. The van der Waals surface area contributed by atoms with Gasteiger partial charge >= 0.3 is 11.7 Å². The number of hydrogen-bond donors (Lipinski definition) is 1. The summed E-state index contributed by atoms with van der Waals surface area (Å²) in [6, 6.07) is 5.19. The summed E-state index contributed by atoms with van der Waals surface area (Å²) in [5, 5.41) is 13.3. The maximum Gasteiger partial charge on any atom is 0.350 e. The van der Waals surface area contributed by atoms with Crippen LogP contribution in [0.5, 0.6) is 0 Å². The fourth-order valence-corrected chi connectivity index (χ4v) is 3.30. The van der Waals surface area contributed by atoms with Crippen molar-refractivity contribution >= 4 is 23.4 Å². The highest BCUT2D eigenvalue weighted by molar-refractivity contribution is 5.85. The zero-order valence-electron chi connectivity index (χ0n) is 15.7. The third kappa shape index (κ3) is 4.21. The van der Waals surface area contributed by atoms with Gasteiger partial charge < -0.3 is 14.9 Å². The van der Waals surface area contributed by atoms with Gasteiger partial charge in [0, 0.05) is 32.8 Å². The number of pyridine rings is 1. The monoisotopic (exact) mass is 389 g/mol. The molecule has 1 fully saturated rings. The van der Waals surface area contributed by atoms with Crippen LogP contribution in [0.2, 0.25) is 0 Å². The lowest BCUT2D eigenvalue weighted by Crippen LogP contribution is -2.47. The molecule has 0 aliphatic carbocycles. The highest BCUT2D eigenvalue weighted by Gasteiger charge is 2.29. The minimum absolute atomic E-state index is 0.0331. The van der Waals surface area contributed by atoms with Crippen LogP contribution in [0.4, 0.5) is 0 Å². The fourth-order valence-electron chi connectivity index (χ4n) is 3.30. The van der Waals surface area contributed by atoms with Crippen LogP contribution in [-0.4, -0.2) is 73.6 Å². The number of likely N-dealkylation sites (N-methyl/N-ethyl adjacent to an activating group) is 1. The Balaban J connectivity index is 1.54. The Morgan fingerprint density at radius 2 is 2.11 bits per heavy atom. The summed E-state index contributed by atoms with van der Waals surface area (Å²) in [4.78, 5) is 50.9. The van der Waals surface area contributed by atoms with E-state index < -0.39 is 11.9 Å². The van der Waals surface area contributed by atoms with E-state index in [4.69, 9.17) is 5.11 Å². The summed E-state index contributed by atoms with van der Waals surface area (Å²) >= 11 is 0. The zero-order chi connectivity index (χ0) is 20.3. The molecular weight excluding hydrogens is 366 g/mol. The van der Waals surface area contributed by atoms with E-state index in [2.05, 4.69) is 5.10 Å². The molecule has 1 unspecified atom stereocenters. The van der Waals surface area contributed by atoms with Crippen LogP contribution in [0.15, 0.2) is 29.2 Å². The number of piperidine rings is 1. The van der Waals surface area contributed by atoms with E-state index in [1.54, 1.807) is 24.4 Å². The lowest BCUT2D eigenvalue weighted by atomic mass is 9.98. The van der Waals surface area contributed by atoms with Crippen LogP contribution >= 0.6 is 0 Å². The number of carbonyl (C=O) groups excluding carboxylic acids is 2. The van der Waals surface area contributed by atoms with Crippen molar-refractivity contribution in [3.8, 4) is 0 Å². The molecule has 3 rings (SSSR count). The van der Waals surface area contributed by atoms with Crippen molar-refractivity contribution < 1.29 is 19.5 Å². The number of amides is 2. The van der Waals surface area contributed by atoms with Crippen molar-refractivity contribution in [1.29, 1.82) is 0 Å². The third-order valence-electron chi connectivity index (χ3n) is 4.95. The number of aliphatic carboxylic acids is 1. The molecule has 0 aromatic carbocycles. The molecule has 0 bridgehead atoms. The zero-order valence-corrected chi connectivity index (χ0v) is 15.7. The molecule has 1 aliphatic heterocycles. The normalized spacial score (nSPS) is 16.9. The highest BCUT2D eigenvalue weighted by Crippen LogP contribution is 2.16. The van der Waals surface area contributed by atoms with Gasteiger partial charge in [0.25, 0.3) is 0 Å². The summed E-state index contributed by atoms with van der Waals surface area (Å²) in [6.07, 6.45) is 2.83. The van der Waals surface area contributed by atoms with Gasteiger partial charge in [-0.2, -0.15) is 0 Å². The summed E-state index contributed by atoms with van der Waals surface area (Å²) in [5.74, 6) is -2.02. The Bertz CT molecular complexity index is 949. The van der Waals surface area contributed by atoms with Gasteiger partial charge in [0.2, 0.25) is 11.8 Å². The van der Waals surface area contributed by atoms with Gasteiger partial charge in [0.15, 0.2) is 5.65 Å². The number of rotatable bonds is 6. The first-order valence-electron chi connectivity index (χ1n) is 9.15. The number of aromatic nitrogens is 3. The van der Waals surface area contributed by atoms with Gasteiger partial charge in [-0.1, -0.05) is 6.07 Å². The van der Waals surface area contributed by atoms with Gasteiger partial charge in [0.05, 0.1) is 19.0 Å². The van der Waals surface area contributed by atoms with E-state index in [0.717, 1.165) is 0 Å². The van der Waals surface area contributed by atoms with Crippen LogP contribution in [0.25, 0.3) is 5.65 Å². The number of aryl methyl sites for hydroxylation is 1. The van der Waals surface area contributed by atoms with Gasteiger partial charge in [0.1, 0.15) is 0 Å². The SMILES string of the molecule is CN(CC(=O)N1CCCC(C(=O)O)C1)C(=O)CCn1nc2ccccn2c1=O. The quantitative estimate of drug-likeness (QED) is 0.723. The van der Waals surface area contributed by atoms with Crippen LogP contribution in [0.1, 0.15) is 19.3 Å². The molecule has 3 heterocycles. The summed E-state index contributed by atoms with van der Waals surface area (Å²) in [6.45, 7) is 0.669. The maximum absolute atomic E-state index is 12.4. The van der Waals surface area contributed by atoms with E-state index in [1.165, 1.54) is 25.9 Å². The van der Waals surface area contributed by atoms with Crippen LogP contribution in [-0.2, 0) is 20.9 Å². The molecule has 2 amide bonds. The Kier molecular flexibility index (Phi) is 5.76. The Hall–Kier alpha value is -3.17. The fraction of sp³-hybridized carbons (Fsp3) is 0.500. The molecule has 0 spiro atoms. The van der Waals surface area contributed by atoms with Gasteiger partial charge in [-0.15, -0.1) is 5.10 Å². The largest absolute Gasteiger partial charge is 0.481 e. The Morgan fingerprint density at radius 3 is 2.82 bits per heavy atom. The van der Waals surface area contributed by atoms with Crippen molar-refractivity contribution in [1.82, 2.24) is 24.0 Å². The second-order valence-electron chi connectivity index (χ2n) is 6.95. The number of hydrogen-bond acceptors (Lipinski definition) is 5. The molecule has 28 heavy (non-hydrogen) atoms. The van der Waals surface area contributed by atoms with Gasteiger partial charge in [-0.25, -0.2) is 9.48 Å². The molecule has 2 aromatic rings. The van der Waals surface area contributed by atoms with Gasteiger partial charge in [-0.05, 0) is 25.0 Å². The van der Waals surface area contributed by atoms with E-state index >= 15 is 0 Å². The van der Waals surface area contributed by atoms with Crippen LogP contribution in [0.3, 0.4) is 0 Å². The molecule has 2 aromatic heterocycles. The standard InChI is InChI=1S/C18H23N5O5/c1-20(12-16(25)21-8-4-5-13(11-21)17(26)27)15(24)7-10-23-18(28)22-9-3-2-6-14(22)19-23/h2-3,6,9,13H,4-5,7-8,10-12H2,1H3,(H,26,27). The minimum Gasteiger partial charge on any atom is -0.481 e. The predicted molar refractivity (Wildman–Crippen MR) is 98.6 cm³/mol. The first-order chi connectivity index (χ1) is 13.4. The highest BCUT2D eigenvalue weighted by atomic mass is 16.4. The molecule has 0 radical (unpaired) electrons. The number of carboxylic acid groups (broad SMARTS) is 1. The summed E-state index contributed by atoms with van der Waals surface area (Å²) in [5.41, 5.74) is 0.178. The molecule has 1 aliphatic rings. The summed E-state index contributed by atoms with van der Waals surface area (Å²) in [7, 11) is 1.52. The lowest BCUT2D eigenvalue weighted by Gasteiger charge is -2.32.